The maximum Gasteiger partial charge on any atom is 0.290 e. The molecule has 0 radical (unpaired) electrons. The van der Waals surface area contributed by atoms with Crippen molar-refractivity contribution >= 4 is 24.0 Å². The van der Waals surface area contributed by atoms with Crippen LogP contribution in [0, 0.1) is 0 Å². The Balaban J connectivity index is 0.000000706. The minimum Gasteiger partial charge on any atom is -0.483 e. The molecule has 8 nitrogen and oxygen atoms in total. The lowest BCUT2D eigenvalue weighted by atomic mass is 10.1. The second kappa shape index (κ2) is 8.69. The number of carboxylic acid groups (broad SMARTS) is 1. The van der Waals surface area contributed by atoms with Crippen LogP contribution >= 0.6 is 0 Å². The highest BCUT2D eigenvalue weighted by atomic mass is 16.3. The topological polar surface area (TPSA) is 98.7 Å². The predicted molar refractivity (Wildman–Crippen MR) is 107 cm³/mol. The molecular weight excluding hydrogens is 358 g/mol. The third-order valence-electron chi connectivity index (χ3n) is 5.13. The van der Waals surface area contributed by atoms with Gasteiger partial charge in [0, 0.05) is 56.6 Å². The highest BCUT2D eigenvalue weighted by molar-refractivity contribution is 5.78. The largest absolute Gasteiger partial charge is 0.483 e. The summed E-state index contributed by atoms with van der Waals surface area (Å²) in [4.78, 5) is 33.8. The van der Waals surface area contributed by atoms with E-state index >= 15 is 0 Å². The zero-order valence-electron chi connectivity index (χ0n) is 16.1. The molecule has 4 rings (SSSR count). The van der Waals surface area contributed by atoms with E-state index in [0.29, 0.717) is 19.0 Å². The number of nitrogens with one attached hydrogen (secondary N) is 1. The van der Waals surface area contributed by atoms with E-state index in [9.17, 15) is 4.79 Å². The molecule has 0 spiro atoms. The van der Waals surface area contributed by atoms with Crippen molar-refractivity contribution in [3.05, 3.63) is 36.5 Å². The van der Waals surface area contributed by atoms with Crippen LogP contribution in [0.1, 0.15) is 19.3 Å². The van der Waals surface area contributed by atoms with Crippen molar-refractivity contribution in [3.8, 4) is 11.3 Å². The van der Waals surface area contributed by atoms with Gasteiger partial charge in [0.15, 0.2) is 0 Å². The second-order valence-corrected chi connectivity index (χ2v) is 7.09. The molecule has 3 heterocycles. The summed E-state index contributed by atoms with van der Waals surface area (Å²) in [6, 6.07) is 10.8. The van der Waals surface area contributed by atoms with Gasteiger partial charge in [-0.15, -0.1) is 0 Å². The van der Waals surface area contributed by atoms with Gasteiger partial charge in [-0.1, -0.05) is 12.1 Å². The van der Waals surface area contributed by atoms with Gasteiger partial charge in [0.2, 0.25) is 11.9 Å². The normalized spacial score (nSPS) is 20.5. The van der Waals surface area contributed by atoms with Crippen LogP contribution in [0.25, 0.3) is 11.3 Å². The Kier molecular flexibility index (Phi) is 6.08. The van der Waals surface area contributed by atoms with Crippen molar-refractivity contribution in [3.63, 3.8) is 0 Å². The van der Waals surface area contributed by atoms with Crippen LogP contribution in [-0.4, -0.2) is 60.2 Å². The number of hydrogen-bond acceptors (Lipinski definition) is 6. The molecule has 8 heteroatoms. The van der Waals surface area contributed by atoms with Crippen molar-refractivity contribution in [2.75, 3.05) is 30.4 Å². The molecule has 2 saturated heterocycles. The van der Waals surface area contributed by atoms with Gasteiger partial charge in [0.05, 0.1) is 5.69 Å². The highest BCUT2D eigenvalue weighted by Crippen LogP contribution is 2.32. The summed E-state index contributed by atoms with van der Waals surface area (Å²) in [6.07, 6.45) is 4.46. The first-order chi connectivity index (χ1) is 13.5. The van der Waals surface area contributed by atoms with E-state index in [1.165, 1.54) is 0 Å². The zero-order chi connectivity index (χ0) is 20.1. The number of benzene rings is 1. The van der Waals surface area contributed by atoms with Crippen molar-refractivity contribution in [1.29, 1.82) is 0 Å². The molecule has 2 atom stereocenters. The van der Waals surface area contributed by atoms with Crippen molar-refractivity contribution in [2.45, 2.75) is 31.3 Å². The van der Waals surface area contributed by atoms with Gasteiger partial charge in [0.1, 0.15) is 0 Å². The fourth-order valence-corrected chi connectivity index (χ4v) is 3.77. The second-order valence-electron chi connectivity index (χ2n) is 7.09. The first kappa shape index (κ1) is 19.6. The predicted octanol–water partition coefficient (Wildman–Crippen LogP) is 1.77. The lowest BCUT2D eigenvalue weighted by Crippen LogP contribution is -2.39. The van der Waals surface area contributed by atoms with Crippen molar-refractivity contribution < 1.29 is 14.7 Å². The quantitative estimate of drug-likeness (QED) is 0.780. The van der Waals surface area contributed by atoms with E-state index in [-0.39, 0.29) is 18.4 Å². The monoisotopic (exact) mass is 383 g/mol. The third kappa shape index (κ3) is 4.21. The molecule has 2 bridgehead atoms. The molecule has 2 fully saturated rings. The Morgan fingerprint density at radius 2 is 1.86 bits per heavy atom. The van der Waals surface area contributed by atoms with Crippen LogP contribution in [0.15, 0.2) is 36.5 Å². The summed E-state index contributed by atoms with van der Waals surface area (Å²) in [6.45, 7) is 0.431. The molecule has 2 aromatic rings. The van der Waals surface area contributed by atoms with Gasteiger partial charge in [-0.25, -0.2) is 9.97 Å². The van der Waals surface area contributed by atoms with Crippen molar-refractivity contribution in [2.24, 2.45) is 0 Å². The number of rotatable bonds is 3. The summed E-state index contributed by atoms with van der Waals surface area (Å²) in [7, 11) is 4.06. The fourth-order valence-electron chi connectivity index (χ4n) is 3.77. The number of carbonyl (C=O) groups is 2. The zero-order valence-corrected chi connectivity index (χ0v) is 16.1. The third-order valence-corrected chi connectivity index (χ3v) is 5.13. The van der Waals surface area contributed by atoms with E-state index in [4.69, 9.17) is 14.9 Å². The molecule has 28 heavy (non-hydrogen) atoms. The van der Waals surface area contributed by atoms with Gasteiger partial charge in [0.25, 0.3) is 6.47 Å². The molecule has 2 N–H and O–H groups in total. The molecule has 2 aliphatic rings. The molecule has 148 valence electrons. The molecule has 0 unspecified atom stereocenters. The maximum absolute atomic E-state index is 11.8. The van der Waals surface area contributed by atoms with Gasteiger partial charge in [-0.05, 0) is 31.0 Å². The lowest BCUT2D eigenvalue weighted by Gasteiger charge is -2.27. The smallest absolute Gasteiger partial charge is 0.290 e. The van der Waals surface area contributed by atoms with Crippen molar-refractivity contribution in [1.82, 2.24) is 15.3 Å². The minimum atomic E-state index is -0.250. The minimum absolute atomic E-state index is 0.132. The SMILES string of the molecule is CN(C)c1ccc(-c2ccnc(N3[C@@H]4CC[C@H]3CNC(=O)C4)n2)cc1.O=CO. The fraction of sp³-hybridized carbons (Fsp3) is 0.400. The van der Waals surface area contributed by atoms with Crippen LogP contribution < -0.4 is 15.1 Å². The molecule has 0 aliphatic carbocycles. The van der Waals surface area contributed by atoms with Crippen LogP contribution in [0.5, 0.6) is 0 Å². The Morgan fingerprint density at radius 3 is 2.54 bits per heavy atom. The molecule has 0 saturated carbocycles. The Labute approximate surface area is 164 Å². The molecule has 1 aromatic heterocycles. The number of fused-ring (bicyclic) bond motifs is 2. The molecular formula is C20H25N5O3. The van der Waals surface area contributed by atoms with Crippen LogP contribution in [-0.2, 0) is 9.59 Å². The average Bonchev–Trinajstić information content (AvgIpc) is 3.01. The van der Waals surface area contributed by atoms with Gasteiger partial charge >= 0.3 is 0 Å². The Hall–Kier alpha value is -3.16. The molecule has 1 amide bonds. The van der Waals surface area contributed by atoms with Gasteiger partial charge in [-0.3, -0.25) is 9.59 Å². The van der Waals surface area contributed by atoms with Gasteiger partial charge in [-0.2, -0.15) is 0 Å². The van der Waals surface area contributed by atoms with Crippen LogP contribution in [0.2, 0.25) is 0 Å². The number of carbonyl (C=O) groups excluding carboxylic acids is 1. The van der Waals surface area contributed by atoms with E-state index in [1.807, 2.05) is 26.4 Å². The van der Waals surface area contributed by atoms with E-state index in [0.717, 1.165) is 35.7 Å². The van der Waals surface area contributed by atoms with Crippen LogP contribution in [0.4, 0.5) is 11.6 Å². The average molecular weight is 383 g/mol. The summed E-state index contributed by atoms with van der Waals surface area (Å²) in [5, 5.41) is 9.89. The number of amides is 1. The standard InChI is InChI=1S/C19H23N5O.CH2O2/c1-23(2)14-5-3-13(4-6-14)17-9-10-20-19(22-17)24-15-7-8-16(24)12-21-18(25)11-15;2-1-3/h3-6,9-10,15-16H,7-8,11-12H2,1-2H3,(H,21,25);1H,(H,2,3)/t15-,16+;/m1./s1. The number of aromatic nitrogens is 2. The Bertz CT molecular complexity index is 825. The maximum atomic E-state index is 11.8. The number of anilines is 2. The van der Waals surface area contributed by atoms with E-state index in [2.05, 4.69) is 44.4 Å². The van der Waals surface area contributed by atoms with Crippen LogP contribution in [0.3, 0.4) is 0 Å². The summed E-state index contributed by atoms with van der Waals surface area (Å²) < 4.78 is 0. The first-order valence-corrected chi connectivity index (χ1v) is 9.27. The highest BCUT2D eigenvalue weighted by Gasteiger charge is 2.38. The van der Waals surface area contributed by atoms with Gasteiger partial charge < -0.3 is 20.2 Å². The Morgan fingerprint density at radius 1 is 1.18 bits per heavy atom. The first-order valence-electron chi connectivity index (χ1n) is 9.27. The number of nitrogens with zero attached hydrogens (tertiary/aromatic N) is 4. The summed E-state index contributed by atoms with van der Waals surface area (Å²) >= 11 is 0. The molecule has 2 aliphatic heterocycles. The summed E-state index contributed by atoms with van der Waals surface area (Å²) in [5.74, 6) is 0.866. The molecule has 1 aromatic carbocycles. The lowest BCUT2D eigenvalue weighted by molar-refractivity contribution is -0.123. The van der Waals surface area contributed by atoms with E-state index in [1.54, 1.807) is 0 Å². The van der Waals surface area contributed by atoms with E-state index < -0.39 is 0 Å². The number of hydrogen-bond donors (Lipinski definition) is 2. The summed E-state index contributed by atoms with van der Waals surface area (Å²) in [5.41, 5.74) is 3.15.